The summed E-state index contributed by atoms with van der Waals surface area (Å²) in [6.07, 6.45) is 2.81. The number of non-ortho nitro benzene ring substituents is 1. The smallest absolute Gasteiger partial charge is 0.274 e. The maximum Gasteiger partial charge on any atom is 0.274 e. The molecule has 9 heteroatoms. The van der Waals surface area contributed by atoms with Crippen molar-refractivity contribution < 1.29 is 14.1 Å². The van der Waals surface area contributed by atoms with Crippen LogP contribution < -0.4 is 5.43 Å². The molecular formula is C17H11ClN4O4. The van der Waals surface area contributed by atoms with Crippen molar-refractivity contribution in [1.82, 2.24) is 10.4 Å². The number of nitro groups is 1. The van der Waals surface area contributed by atoms with Crippen molar-refractivity contribution in [2.24, 2.45) is 5.10 Å². The third-order valence-corrected chi connectivity index (χ3v) is 3.65. The third-order valence-electron chi connectivity index (χ3n) is 3.35. The van der Waals surface area contributed by atoms with Crippen LogP contribution in [0.15, 0.2) is 64.2 Å². The number of nitrogens with one attached hydrogen (secondary N) is 1. The number of hydrogen-bond donors (Lipinski definition) is 1. The minimum atomic E-state index is -0.499. The topological polar surface area (TPSA) is 111 Å². The Hall–Kier alpha value is -3.52. The van der Waals surface area contributed by atoms with E-state index in [-0.39, 0.29) is 16.4 Å². The average Bonchev–Trinajstić information content (AvgIpc) is 3.11. The lowest BCUT2D eigenvalue weighted by molar-refractivity contribution is -0.384. The highest BCUT2D eigenvalue weighted by molar-refractivity contribution is 6.32. The summed E-state index contributed by atoms with van der Waals surface area (Å²) in [6.45, 7) is 0. The van der Waals surface area contributed by atoms with E-state index in [9.17, 15) is 14.9 Å². The molecule has 0 bridgehead atoms. The van der Waals surface area contributed by atoms with Crippen LogP contribution in [0.1, 0.15) is 16.1 Å². The van der Waals surface area contributed by atoms with Gasteiger partial charge in [0.25, 0.3) is 11.6 Å². The van der Waals surface area contributed by atoms with Crippen molar-refractivity contribution >= 4 is 29.4 Å². The summed E-state index contributed by atoms with van der Waals surface area (Å²) in [5, 5.41) is 14.6. The van der Waals surface area contributed by atoms with Crippen LogP contribution in [0.2, 0.25) is 5.15 Å². The number of benzene rings is 1. The molecule has 1 amide bonds. The first-order valence-corrected chi connectivity index (χ1v) is 7.71. The molecular weight excluding hydrogens is 360 g/mol. The lowest BCUT2D eigenvalue weighted by atomic mass is 10.1. The molecule has 26 heavy (non-hydrogen) atoms. The summed E-state index contributed by atoms with van der Waals surface area (Å²) in [5.74, 6) is 0.417. The van der Waals surface area contributed by atoms with Crippen molar-refractivity contribution in [2.75, 3.05) is 0 Å². The molecule has 0 aliphatic carbocycles. The highest BCUT2D eigenvalue weighted by Gasteiger charge is 2.10. The number of furan rings is 1. The van der Waals surface area contributed by atoms with Crippen molar-refractivity contribution in [3.8, 4) is 11.3 Å². The number of nitro benzene ring substituents is 1. The Balaban J connectivity index is 1.66. The Labute approximate surface area is 152 Å². The fraction of sp³-hybridized carbons (Fsp3) is 0. The predicted octanol–water partition coefficient (Wildman–Crippen LogP) is 3.67. The highest BCUT2D eigenvalue weighted by Crippen LogP contribution is 2.24. The maximum atomic E-state index is 11.9. The normalized spacial score (nSPS) is 10.8. The van der Waals surface area contributed by atoms with E-state index in [1.807, 2.05) is 0 Å². The van der Waals surface area contributed by atoms with Gasteiger partial charge in [-0.15, -0.1) is 0 Å². The Morgan fingerprint density at radius 2 is 2.00 bits per heavy atom. The molecule has 0 spiro atoms. The summed E-state index contributed by atoms with van der Waals surface area (Å²) >= 11 is 5.83. The molecule has 3 aromatic rings. The minimum Gasteiger partial charge on any atom is -0.455 e. The van der Waals surface area contributed by atoms with Gasteiger partial charge in [-0.1, -0.05) is 11.6 Å². The van der Waals surface area contributed by atoms with Gasteiger partial charge in [0, 0.05) is 23.9 Å². The van der Waals surface area contributed by atoms with Crippen LogP contribution in [0.4, 0.5) is 5.69 Å². The number of hydrogen-bond acceptors (Lipinski definition) is 6. The molecule has 0 saturated carbocycles. The predicted molar refractivity (Wildman–Crippen MR) is 95.1 cm³/mol. The SMILES string of the molecule is O=C(N/N=C/c1ccc(-c2ccc([N+](=O)[O-])cc2)o1)c1cccnc1Cl. The van der Waals surface area contributed by atoms with Crippen molar-refractivity contribution in [2.45, 2.75) is 0 Å². The van der Waals surface area contributed by atoms with E-state index < -0.39 is 10.8 Å². The van der Waals surface area contributed by atoms with Crippen LogP contribution in [0.25, 0.3) is 11.3 Å². The van der Waals surface area contributed by atoms with Gasteiger partial charge in [0.15, 0.2) is 0 Å². The maximum absolute atomic E-state index is 11.9. The Morgan fingerprint density at radius 3 is 2.69 bits per heavy atom. The molecule has 3 rings (SSSR count). The first-order chi connectivity index (χ1) is 12.5. The monoisotopic (exact) mass is 370 g/mol. The summed E-state index contributed by atoms with van der Waals surface area (Å²) in [4.78, 5) is 25.9. The zero-order valence-electron chi connectivity index (χ0n) is 13.1. The summed E-state index contributed by atoms with van der Waals surface area (Å²) in [7, 11) is 0. The first-order valence-electron chi connectivity index (χ1n) is 7.33. The third kappa shape index (κ3) is 3.93. The van der Waals surface area contributed by atoms with Crippen LogP contribution in [-0.2, 0) is 0 Å². The van der Waals surface area contributed by atoms with Gasteiger partial charge >= 0.3 is 0 Å². The van der Waals surface area contributed by atoms with E-state index >= 15 is 0 Å². The fourth-order valence-corrected chi connectivity index (χ4v) is 2.30. The number of rotatable bonds is 5. The molecule has 130 valence electrons. The standard InChI is InChI=1S/C17H11ClN4O4/c18-16-14(2-1-9-19-16)17(23)21-20-10-13-7-8-15(26-13)11-3-5-12(6-4-11)22(24)25/h1-10H,(H,21,23)/b20-10+. The number of amides is 1. The molecule has 0 saturated heterocycles. The number of carbonyl (C=O) groups is 1. The molecule has 0 atom stereocenters. The van der Waals surface area contributed by atoms with Crippen LogP contribution in [0.5, 0.6) is 0 Å². The van der Waals surface area contributed by atoms with Gasteiger partial charge in [-0.05, 0) is 36.4 Å². The number of aromatic nitrogens is 1. The van der Waals surface area contributed by atoms with Crippen LogP contribution in [0.3, 0.4) is 0 Å². The van der Waals surface area contributed by atoms with Gasteiger partial charge in [0.2, 0.25) is 0 Å². The van der Waals surface area contributed by atoms with Crippen molar-refractivity contribution in [3.05, 3.63) is 81.3 Å². The van der Waals surface area contributed by atoms with Crippen molar-refractivity contribution in [1.29, 1.82) is 0 Å². The quantitative estimate of drug-likeness (QED) is 0.319. The number of pyridine rings is 1. The van der Waals surface area contributed by atoms with Crippen molar-refractivity contribution in [3.63, 3.8) is 0 Å². The average molecular weight is 371 g/mol. The second-order valence-corrected chi connectivity index (χ2v) is 5.40. The van der Waals surface area contributed by atoms with E-state index in [4.69, 9.17) is 16.0 Å². The van der Waals surface area contributed by atoms with Gasteiger partial charge in [0.05, 0.1) is 16.7 Å². The Bertz CT molecular complexity index is 982. The van der Waals surface area contributed by atoms with E-state index in [1.165, 1.54) is 30.6 Å². The number of nitrogens with zero attached hydrogens (tertiary/aromatic N) is 3. The largest absolute Gasteiger partial charge is 0.455 e. The molecule has 1 N–H and O–H groups in total. The second-order valence-electron chi connectivity index (χ2n) is 5.05. The zero-order chi connectivity index (χ0) is 18.5. The van der Waals surface area contributed by atoms with E-state index in [0.29, 0.717) is 17.1 Å². The lowest BCUT2D eigenvalue weighted by Crippen LogP contribution is -2.18. The second kappa shape index (κ2) is 7.58. The van der Waals surface area contributed by atoms with Crippen LogP contribution in [-0.4, -0.2) is 22.0 Å². The summed E-state index contributed by atoms with van der Waals surface area (Å²) in [6, 6.07) is 12.4. The van der Waals surface area contributed by atoms with Gasteiger partial charge in [-0.3, -0.25) is 14.9 Å². The van der Waals surface area contributed by atoms with Gasteiger partial charge in [-0.25, -0.2) is 10.4 Å². The number of halogens is 1. The summed E-state index contributed by atoms with van der Waals surface area (Å²) < 4.78 is 5.57. The van der Waals surface area contributed by atoms with E-state index in [2.05, 4.69) is 15.5 Å². The Kier molecular flexibility index (Phi) is 5.04. The molecule has 0 aliphatic heterocycles. The Morgan fingerprint density at radius 1 is 1.23 bits per heavy atom. The van der Waals surface area contributed by atoms with Gasteiger partial charge in [0.1, 0.15) is 16.7 Å². The molecule has 8 nitrogen and oxygen atoms in total. The molecule has 2 aromatic heterocycles. The molecule has 0 fully saturated rings. The van der Waals surface area contributed by atoms with E-state index in [0.717, 1.165) is 0 Å². The summed E-state index contributed by atoms with van der Waals surface area (Å²) in [5.41, 5.74) is 3.22. The van der Waals surface area contributed by atoms with Gasteiger partial charge in [-0.2, -0.15) is 5.10 Å². The lowest BCUT2D eigenvalue weighted by Gasteiger charge is -2.00. The van der Waals surface area contributed by atoms with Crippen LogP contribution >= 0.6 is 11.6 Å². The molecule has 0 unspecified atom stereocenters. The van der Waals surface area contributed by atoms with E-state index in [1.54, 1.807) is 30.3 Å². The molecule has 2 heterocycles. The molecule has 1 aromatic carbocycles. The molecule has 0 radical (unpaired) electrons. The highest BCUT2D eigenvalue weighted by atomic mass is 35.5. The number of hydrazone groups is 1. The fourth-order valence-electron chi connectivity index (χ4n) is 2.09. The minimum absolute atomic E-state index is 0.00105. The van der Waals surface area contributed by atoms with Crippen LogP contribution in [0, 0.1) is 10.1 Å². The first kappa shape index (κ1) is 17.3. The zero-order valence-corrected chi connectivity index (χ0v) is 13.9. The molecule has 0 aliphatic rings. The van der Waals surface area contributed by atoms with Gasteiger partial charge < -0.3 is 4.42 Å². The number of carbonyl (C=O) groups excluding carboxylic acids is 1.